The van der Waals surface area contributed by atoms with E-state index in [1.807, 2.05) is 36.4 Å². The van der Waals surface area contributed by atoms with Gasteiger partial charge in [0.05, 0.1) is 24.3 Å². The van der Waals surface area contributed by atoms with Crippen molar-refractivity contribution < 1.29 is 4.79 Å². The highest BCUT2D eigenvalue weighted by Gasteiger charge is 2.20. The summed E-state index contributed by atoms with van der Waals surface area (Å²) >= 11 is 12.1. The zero-order valence-corrected chi connectivity index (χ0v) is 17.9. The molecule has 1 saturated heterocycles. The van der Waals surface area contributed by atoms with Crippen LogP contribution in [0.3, 0.4) is 0 Å². The maximum absolute atomic E-state index is 12.6. The Kier molecular flexibility index (Phi) is 6.52. The lowest BCUT2D eigenvalue weighted by Gasteiger charge is -2.35. The molecule has 1 aromatic carbocycles. The predicted octanol–water partition coefficient (Wildman–Crippen LogP) is 3.39. The summed E-state index contributed by atoms with van der Waals surface area (Å²) in [6.45, 7) is 4.03. The summed E-state index contributed by atoms with van der Waals surface area (Å²) in [5.41, 5.74) is 0.949. The van der Waals surface area contributed by atoms with E-state index in [4.69, 9.17) is 23.2 Å². The van der Waals surface area contributed by atoms with Gasteiger partial charge in [-0.05, 0) is 23.8 Å². The van der Waals surface area contributed by atoms with Gasteiger partial charge in [0.2, 0.25) is 5.91 Å². The first-order valence-electron chi connectivity index (χ1n) is 9.72. The molecule has 1 N–H and O–H groups in total. The number of rotatable bonds is 6. The van der Waals surface area contributed by atoms with Gasteiger partial charge < -0.3 is 10.2 Å². The first-order chi connectivity index (χ1) is 14.6. The average molecular weight is 445 g/mol. The van der Waals surface area contributed by atoms with E-state index < -0.39 is 0 Å². The molecule has 9 heteroatoms. The fourth-order valence-electron chi connectivity index (χ4n) is 3.43. The number of amides is 1. The highest BCUT2D eigenvalue weighted by molar-refractivity contribution is 6.31. The molecule has 0 unspecified atom stereocenters. The number of carbonyl (C=O) groups excluding carboxylic acids is 1. The number of carbonyl (C=O) groups is 1. The molecule has 2 aromatic heterocycles. The molecule has 30 heavy (non-hydrogen) atoms. The molecule has 0 spiro atoms. The smallest absolute Gasteiger partial charge is 0.239 e. The van der Waals surface area contributed by atoms with E-state index in [1.165, 1.54) is 0 Å². The molecule has 1 aliphatic heterocycles. The minimum absolute atomic E-state index is 0.0611. The number of hydrogen-bond donors (Lipinski definition) is 1. The molecule has 4 rings (SSSR count). The molecular formula is C21H22Cl2N6O. The molecule has 0 saturated carbocycles. The van der Waals surface area contributed by atoms with Gasteiger partial charge in [0, 0.05) is 43.5 Å². The van der Waals surface area contributed by atoms with E-state index >= 15 is 0 Å². The summed E-state index contributed by atoms with van der Waals surface area (Å²) in [5, 5.41) is 8.58. The third kappa shape index (κ3) is 5.11. The van der Waals surface area contributed by atoms with E-state index in [-0.39, 0.29) is 5.91 Å². The summed E-state index contributed by atoms with van der Waals surface area (Å²) in [6.07, 6.45) is 3.33. The summed E-state index contributed by atoms with van der Waals surface area (Å²) in [5.74, 6) is 1.50. The fraction of sp³-hybridized carbons (Fsp3) is 0.286. The van der Waals surface area contributed by atoms with Gasteiger partial charge in [-0.1, -0.05) is 41.4 Å². The number of hydrogen-bond acceptors (Lipinski definition) is 5. The van der Waals surface area contributed by atoms with E-state index in [2.05, 4.69) is 25.2 Å². The first-order valence-corrected chi connectivity index (χ1v) is 10.5. The normalized spacial score (nSPS) is 14.7. The third-order valence-corrected chi connectivity index (χ3v) is 5.63. The Balaban J connectivity index is 1.29. The number of pyridine rings is 1. The zero-order valence-electron chi connectivity index (χ0n) is 16.3. The third-order valence-electron chi connectivity index (χ3n) is 5.04. The average Bonchev–Trinajstić information content (AvgIpc) is 3.17. The lowest BCUT2D eigenvalue weighted by atomic mass is 10.2. The number of benzene rings is 1. The highest BCUT2D eigenvalue weighted by atomic mass is 35.5. The van der Waals surface area contributed by atoms with Crippen molar-refractivity contribution in [1.29, 1.82) is 0 Å². The second kappa shape index (κ2) is 9.47. The Labute approximate surface area is 185 Å². The quantitative estimate of drug-likeness (QED) is 0.630. The number of nitrogens with one attached hydrogen (secondary N) is 1. The highest BCUT2D eigenvalue weighted by Crippen LogP contribution is 2.19. The van der Waals surface area contributed by atoms with Crippen molar-refractivity contribution in [2.24, 2.45) is 0 Å². The molecule has 1 fully saturated rings. The van der Waals surface area contributed by atoms with Crippen molar-refractivity contribution in [2.45, 2.75) is 6.54 Å². The Morgan fingerprint density at radius 1 is 1.03 bits per heavy atom. The molecule has 0 radical (unpaired) electrons. The SMILES string of the molecule is O=C(CN1CCN(c2ccc(Cl)cn2)CC1)Nc1ccnn1Cc1ccccc1Cl. The van der Waals surface area contributed by atoms with Gasteiger partial charge in [0.15, 0.2) is 0 Å². The van der Waals surface area contributed by atoms with E-state index in [1.54, 1.807) is 23.1 Å². The summed E-state index contributed by atoms with van der Waals surface area (Å²) in [7, 11) is 0. The van der Waals surface area contributed by atoms with Crippen molar-refractivity contribution in [1.82, 2.24) is 19.7 Å². The molecule has 7 nitrogen and oxygen atoms in total. The number of aromatic nitrogens is 3. The maximum atomic E-state index is 12.6. The van der Waals surface area contributed by atoms with Crippen LogP contribution in [-0.2, 0) is 11.3 Å². The molecule has 0 atom stereocenters. The lowest BCUT2D eigenvalue weighted by molar-refractivity contribution is -0.117. The molecular weight excluding hydrogens is 423 g/mol. The van der Waals surface area contributed by atoms with Crippen LogP contribution in [0.1, 0.15) is 5.56 Å². The van der Waals surface area contributed by atoms with Crippen LogP contribution in [0, 0.1) is 0 Å². The first kappa shape index (κ1) is 20.7. The number of nitrogens with zero attached hydrogens (tertiary/aromatic N) is 5. The standard InChI is InChI=1S/C21H22Cl2N6O/c22-17-5-6-19(24-13-17)28-11-9-27(10-12-28)15-21(30)26-20-7-8-25-29(20)14-16-3-1-2-4-18(16)23/h1-8,13H,9-12,14-15H2,(H,26,30). The van der Waals surface area contributed by atoms with Crippen molar-refractivity contribution >= 4 is 40.7 Å². The minimum atomic E-state index is -0.0611. The molecule has 0 aliphatic carbocycles. The second-order valence-electron chi connectivity index (χ2n) is 7.11. The van der Waals surface area contributed by atoms with Gasteiger partial charge in [-0.3, -0.25) is 9.69 Å². The van der Waals surface area contributed by atoms with Crippen molar-refractivity contribution in [3.05, 3.63) is 70.5 Å². The number of piperazine rings is 1. The Morgan fingerprint density at radius 3 is 2.57 bits per heavy atom. The van der Waals surface area contributed by atoms with E-state index in [9.17, 15) is 4.79 Å². The van der Waals surface area contributed by atoms with Crippen LogP contribution in [0.2, 0.25) is 10.0 Å². The lowest BCUT2D eigenvalue weighted by Crippen LogP contribution is -2.49. The maximum Gasteiger partial charge on any atom is 0.239 e. The van der Waals surface area contributed by atoms with Gasteiger partial charge >= 0.3 is 0 Å². The topological polar surface area (TPSA) is 66.3 Å². The zero-order chi connectivity index (χ0) is 20.9. The Hall–Kier alpha value is -2.61. The Bertz CT molecular complexity index is 999. The van der Waals surface area contributed by atoms with Gasteiger partial charge in [0.25, 0.3) is 0 Å². The van der Waals surface area contributed by atoms with Crippen LogP contribution in [0.4, 0.5) is 11.6 Å². The molecule has 1 aliphatic rings. The van der Waals surface area contributed by atoms with Crippen LogP contribution in [0.25, 0.3) is 0 Å². The second-order valence-corrected chi connectivity index (χ2v) is 7.96. The van der Waals surface area contributed by atoms with Crippen LogP contribution >= 0.6 is 23.2 Å². The van der Waals surface area contributed by atoms with Crippen molar-refractivity contribution in [3.8, 4) is 0 Å². The van der Waals surface area contributed by atoms with Gasteiger partial charge in [-0.15, -0.1) is 0 Å². The molecule has 1 amide bonds. The van der Waals surface area contributed by atoms with E-state index in [0.717, 1.165) is 37.6 Å². The van der Waals surface area contributed by atoms with E-state index in [0.29, 0.717) is 29.0 Å². The number of halogens is 2. The molecule has 156 valence electrons. The Morgan fingerprint density at radius 2 is 1.83 bits per heavy atom. The van der Waals surface area contributed by atoms with Crippen molar-refractivity contribution in [2.75, 3.05) is 42.9 Å². The van der Waals surface area contributed by atoms with Crippen LogP contribution < -0.4 is 10.2 Å². The van der Waals surface area contributed by atoms with Crippen LogP contribution in [0.5, 0.6) is 0 Å². The molecule has 0 bridgehead atoms. The van der Waals surface area contributed by atoms with Crippen LogP contribution in [0.15, 0.2) is 54.9 Å². The molecule has 3 heterocycles. The van der Waals surface area contributed by atoms with Crippen molar-refractivity contribution in [3.63, 3.8) is 0 Å². The largest absolute Gasteiger partial charge is 0.354 e. The minimum Gasteiger partial charge on any atom is -0.354 e. The van der Waals surface area contributed by atoms with Gasteiger partial charge in [0.1, 0.15) is 11.6 Å². The number of anilines is 2. The summed E-state index contributed by atoms with van der Waals surface area (Å²) < 4.78 is 1.74. The summed E-state index contributed by atoms with van der Waals surface area (Å²) in [4.78, 5) is 21.3. The predicted molar refractivity (Wildman–Crippen MR) is 119 cm³/mol. The summed E-state index contributed by atoms with van der Waals surface area (Å²) in [6, 6.07) is 13.2. The van der Waals surface area contributed by atoms with Crippen LogP contribution in [-0.4, -0.2) is 58.3 Å². The fourth-order valence-corrected chi connectivity index (χ4v) is 3.74. The van der Waals surface area contributed by atoms with Gasteiger partial charge in [-0.25, -0.2) is 9.67 Å². The monoisotopic (exact) mass is 444 g/mol. The van der Waals surface area contributed by atoms with Gasteiger partial charge in [-0.2, -0.15) is 5.10 Å². The molecule has 3 aromatic rings.